The highest BCUT2D eigenvalue weighted by atomic mass is 16.2. The molecule has 2 amide bonds. The zero-order chi connectivity index (χ0) is 17.6. The van der Waals surface area contributed by atoms with Gasteiger partial charge in [0.1, 0.15) is 0 Å². The maximum Gasteiger partial charge on any atom is 0.317 e. The minimum absolute atomic E-state index is 0.0341. The van der Waals surface area contributed by atoms with E-state index < -0.39 is 0 Å². The summed E-state index contributed by atoms with van der Waals surface area (Å²) >= 11 is 0. The average Bonchev–Trinajstić information content (AvgIpc) is 3.14. The first-order valence-electron chi connectivity index (χ1n) is 8.59. The van der Waals surface area contributed by atoms with Crippen molar-refractivity contribution in [3.63, 3.8) is 0 Å². The molecule has 25 heavy (non-hydrogen) atoms. The first-order valence-corrected chi connectivity index (χ1v) is 8.59. The molecule has 0 radical (unpaired) electrons. The number of aromatic nitrogens is 2. The Kier molecular flexibility index (Phi) is 5.33. The third-order valence-electron chi connectivity index (χ3n) is 4.43. The van der Waals surface area contributed by atoms with Crippen molar-refractivity contribution in [3.05, 3.63) is 66.7 Å². The first-order chi connectivity index (χ1) is 12.1. The number of aryl methyl sites for hydroxylation is 1. The molecule has 1 aromatic heterocycles. The summed E-state index contributed by atoms with van der Waals surface area (Å²) in [7, 11) is 1.83. The summed E-state index contributed by atoms with van der Waals surface area (Å²) in [5.74, 6) is 0. The van der Waals surface area contributed by atoms with Crippen LogP contribution in [0.3, 0.4) is 0 Å². The van der Waals surface area contributed by atoms with Crippen LogP contribution in [0.15, 0.2) is 61.2 Å². The zero-order valence-corrected chi connectivity index (χ0v) is 14.7. The van der Waals surface area contributed by atoms with E-state index in [1.165, 1.54) is 10.8 Å². The van der Waals surface area contributed by atoms with Gasteiger partial charge in [-0.2, -0.15) is 0 Å². The lowest BCUT2D eigenvalue weighted by Gasteiger charge is -2.22. The molecule has 3 aromatic rings. The monoisotopic (exact) mass is 336 g/mol. The van der Waals surface area contributed by atoms with Crippen LogP contribution < -0.4 is 5.32 Å². The quantitative estimate of drug-likeness (QED) is 0.744. The summed E-state index contributed by atoms with van der Waals surface area (Å²) in [4.78, 5) is 18.1. The van der Waals surface area contributed by atoms with Crippen LogP contribution in [-0.2, 0) is 6.54 Å². The van der Waals surface area contributed by atoms with E-state index in [4.69, 9.17) is 0 Å². The fourth-order valence-corrected chi connectivity index (χ4v) is 2.87. The number of nitrogens with one attached hydrogen (secondary N) is 1. The summed E-state index contributed by atoms with van der Waals surface area (Å²) < 4.78 is 2.02. The molecular weight excluding hydrogens is 312 g/mol. The Bertz CT molecular complexity index is 829. The molecular formula is C20H24N4O. The molecule has 0 aliphatic carbocycles. The minimum Gasteiger partial charge on any atom is -0.337 e. The van der Waals surface area contributed by atoms with Crippen molar-refractivity contribution in [1.82, 2.24) is 19.8 Å². The molecule has 0 aliphatic rings. The van der Waals surface area contributed by atoms with Crippen molar-refractivity contribution in [2.24, 2.45) is 0 Å². The Balaban J connectivity index is 1.53. The fourth-order valence-electron chi connectivity index (χ4n) is 2.87. The van der Waals surface area contributed by atoms with Crippen molar-refractivity contribution in [1.29, 1.82) is 0 Å². The maximum absolute atomic E-state index is 12.4. The molecule has 0 spiro atoms. The van der Waals surface area contributed by atoms with Gasteiger partial charge < -0.3 is 14.8 Å². The van der Waals surface area contributed by atoms with E-state index in [-0.39, 0.29) is 12.1 Å². The summed E-state index contributed by atoms with van der Waals surface area (Å²) in [6, 6.07) is 14.5. The van der Waals surface area contributed by atoms with Crippen molar-refractivity contribution in [3.8, 4) is 0 Å². The highest BCUT2D eigenvalue weighted by molar-refractivity contribution is 5.83. The predicted molar refractivity (Wildman–Crippen MR) is 100 cm³/mol. The van der Waals surface area contributed by atoms with Gasteiger partial charge in [0.25, 0.3) is 0 Å². The van der Waals surface area contributed by atoms with Gasteiger partial charge in [-0.3, -0.25) is 0 Å². The Morgan fingerprint density at radius 2 is 2.04 bits per heavy atom. The van der Waals surface area contributed by atoms with E-state index in [0.717, 1.165) is 18.5 Å². The lowest BCUT2D eigenvalue weighted by molar-refractivity contribution is 0.204. The van der Waals surface area contributed by atoms with Crippen LogP contribution in [-0.4, -0.2) is 34.1 Å². The summed E-state index contributed by atoms with van der Waals surface area (Å²) in [6.45, 7) is 3.58. The van der Waals surface area contributed by atoms with Gasteiger partial charge in [-0.1, -0.05) is 36.4 Å². The van der Waals surface area contributed by atoms with Crippen LogP contribution in [0.1, 0.15) is 24.9 Å². The number of hydrogen-bond acceptors (Lipinski definition) is 2. The van der Waals surface area contributed by atoms with Crippen molar-refractivity contribution in [2.45, 2.75) is 25.9 Å². The molecule has 0 fully saturated rings. The summed E-state index contributed by atoms with van der Waals surface area (Å²) in [5.41, 5.74) is 1.11. The molecule has 0 aliphatic heterocycles. The minimum atomic E-state index is -0.0497. The predicted octanol–water partition coefficient (Wildman–Crippen LogP) is 3.83. The summed E-state index contributed by atoms with van der Waals surface area (Å²) in [5, 5.41) is 5.47. The third kappa shape index (κ3) is 4.38. The number of carbonyl (C=O) groups excluding carboxylic acids is 1. The number of rotatable bonds is 6. The molecule has 0 unspecified atom stereocenters. The number of nitrogens with zero attached hydrogens (tertiary/aromatic N) is 3. The van der Waals surface area contributed by atoms with E-state index in [1.807, 2.05) is 36.9 Å². The van der Waals surface area contributed by atoms with Crippen LogP contribution in [0.2, 0.25) is 0 Å². The van der Waals surface area contributed by atoms with Gasteiger partial charge >= 0.3 is 6.03 Å². The van der Waals surface area contributed by atoms with Gasteiger partial charge in [0.05, 0.1) is 12.4 Å². The first kappa shape index (κ1) is 17.0. The Morgan fingerprint density at radius 1 is 1.24 bits per heavy atom. The number of hydrogen-bond donors (Lipinski definition) is 1. The highest BCUT2D eigenvalue weighted by Crippen LogP contribution is 2.20. The molecule has 5 nitrogen and oxygen atoms in total. The largest absolute Gasteiger partial charge is 0.337 e. The SMILES string of the molecule is C[C@H](NC(=O)N(C)CCCn1ccnc1)c1ccc2ccccc2c1. The number of carbonyl (C=O) groups is 1. The van der Waals surface area contributed by atoms with E-state index in [2.05, 4.69) is 40.6 Å². The van der Waals surface area contributed by atoms with Crippen molar-refractivity contribution in [2.75, 3.05) is 13.6 Å². The van der Waals surface area contributed by atoms with Gasteiger partial charge in [0.15, 0.2) is 0 Å². The van der Waals surface area contributed by atoms with Gasteiger partial charge in [-0.05, 0) is 35.7 Å². The van der Waals surface area contributed by atoms with Crippen LogP contribution in [0.5, 0.6) is 0 Å². The van der Waals surface area contributed by atoms with Gasteiger partial charge in [0.2, 0.25) is 0 Å². The Hall–Kier alpha value is -2.82. The highest BCUT2D eigenvalue weighted by Gasteiger charge is 2.13. The Morgan fingerprint density at radius 3 is 2.80 bits per heavy atom. The molecule has 1 heterocycles. The Labute approximate surface area is 148 Å². The maximum atomic E-state index is 12.4. The third-order valence-corrected chi connectivity index (χ3v) is 4.43. The van der Waals surface area contributed by atoms with Crippen LogP contribution >= 0.6 is 0 Å². The number of benzene rings is 2. The fraction of sp³-hybridized carbons (Fsp3) is 0.300. The van der Waals surface area contributed by atoms with Gasteiger partial charge in [-0.15, -0.1) is 0 Å². The summed E-state index contributed by atoms with van der Waals surface area (Å²) in [6.07, 6.45) is 6.38. The van der Waals surface area contributed by atoms with Crippen molar-refractivity contribution >= 4 is 16.8 Å². The smallest absolute Gasteiger partial charge is 0.317 e. The number of imidazole rings is 1. The topological polar surface area (TPSA) is 50.2 Å². The van der Waals surface area contributed by atoms with Crippen LogP contribution in [0.25, 0.3) is 10.8 Å². The lowest BCUT2D eigenvalue weighted by Crippen LogP contribution is -2.39. The van der Waals surface area contributed by atoms with Crippen LogP contribution in [0.4, 0.5) is 4.79 Å². The molecule has 0 bridgehead atoms. The molecule has 2 aromatic carbocycles. The second-order valence-electron chi connectivity index (χ2n) is 6.35. The molecule has 1 atom stereocenters. The van der Waals surface area contributed by atoms with Crippen LogP contribution in [0, 0.1) is 0 Å². The zero-order valence-electron chi connectivity index (χ0n) is 14.7. The number of amides is 2. The van der Waals surface area contributed by atoms with E-state index in [1.54, 1.807) is 17.4 Å². The van der Waals surface area contributed by atoms with E-state index in [9.17, 15) is 4.79 Å². The molecule has 3 rings (SSSR count). The molecule has 5 heteroatoms. The second kappa shape index (κ2) is 7.83. The van der Waals surface area contributed by atoms with Gasteiger partial charge in [0, 0.05) is 32.5 Å². The van der Waals surface area contributed by atoms with Crippen molar-refractivity contribution < 1.29 is 4.79 Å². The van der Waals surface area contributed by atoms with E-state index >= 15 is 0 Å². The molecule has 0 saturated heterocycles. The molecule has 0 saturated carbocycles. The molecule has 1 N–H and O–H groups in total. The van der Waals surface area contributed by atoms with Gasteiger partial charge in [-0.25, -0.2) is 9.78 Å². The molecule has 130 valence electrons. The van der Waals surface area contributed by atoms with E-state index in [0.29, 0.717) is 6.54 Å². The lowest BCUT2D eigenvalue weighted by atomic mass is 10.0. The standard InChI is InChI=1S/C20H24N4O/c1-16(18-9-8-17-6-3-4-7-19(17)14-18)22-20(25)23(2)11-5-12-24-13-10-21-15-24/h3-4,6-10,13-16H,5,11-12H2,1-2H3,(H,22,25)/t16-/m0/s1. The number of fused-ring (bicyclic) bond motifs is 1. The number of urea groups is 1. The second-order valence-corrected chi connectivity index (χ2v) is 6.35. The average molecular weight is 336 g/mol. The normalized spacial score (nSPS) is 12.1.